The lowest BCUT2D eigenvalue weighted by Crippen LogP contribution is -2.16. The van der Waals surface area contributed by atoms with Crippen LogP contribution in [0.2, 0.25) is 0 Å². The number of amides is 1. The zero-order valence-electron chi connectivity index (χ0n) is 18.3. The first-order chi connectivity index (χ1) is 14.8. The zero-order chi connectivity index (χ0) is 22.4. The SMILES string of the molecule is COc1ccc(C(=O)Nc2nc(COc3ccc(C(C)(C)C)cc3)nc(SC)n2)cc1. The number of carbonyl (C=O) groups is 1. The predicted octanol–water partition coefficient (Wildman–Crippen LogP) is 4.73. The number of carbonyl (C=O) groups excluding carboxylic acids is 1. The largest absolute Gasteiger partial charge is 0.497 e. The van der Waals surface area contributed by atoms with Gasteiger partial charge in [-0.25, -0.2) is 4.98 Å². The second-order valence-corrected chi connectivity index (χ2v) is 8.58. The molecule has 7 nitrogen and oxygen atoms in total. The molecule has 1 amide bonds. The molecule has 162 valence electrons. The van der Waals surface area contributed by atoms with Crippen molar-refractivity contribution in [3.05, 3.63) is 65.5 Å². The highest BCUT2D eigenvalue weighted by molar-refractivity contribution is 7.98. The number of ether oxygens (including phenoxy) is 2. The van der Waals surface area contributed by atoms with Crippen molar-refractivity contribution >= 4 is 23.6 Å². The molecule has 1 heterocycles. The molecule has 0 radical (unpaired) electrons. The minimum Gasteiger partial charge on any atom is -0.497 e. The van der Waals surface area contributed by atoms with Gasteiger partial charge >= 0.3 is 0 Å². The quantitative estimate of drug-likeness (QED) is 0.534. The Labute approximate surface area is 186 Å². The van der Waals surface area contributed by atoms with E-state index in [4.69, 9.17) is 9.47 Å². The summed E-state index contributed by atoms with van der Waals surface area (Å²) in [5, 5.41) is 3.22. The molecular formula is C23H26N4O3S. The van der Waals surface area contributed by atoms with Gasteiger partial charge in [0, 0.05) is 5.56 Å². The van der Waals surface area contributed by atoms with Crippen molar-refractivity contribution in [1.29, 1.82) is 0 Å². The summed E-state index contributed by atoms with van der Waals surface area (Å²) in [5.41, 5.74) is 1.79. The smallest absolute Gasteiger partial charge is 0.258 e. The molecule has 1 aromatic heterocycles. The molecule has 0 unspecified atom stereocenters. The Hall–Kier alpha value is -3.13. The van der Waals surface area contributed by atoms with Crippen LogP contribution in [0.4, 0.5) is 5.95 Å². The molecule has 0 aliphatic heterocycles. The Morgan fingerprint density at radius 3 is 2.19 bits per heavy atom. The van der Waals surface area contributed by atoms with E-state index in [0.717, 1.165) is 5.75 Å². The highest BCUT2D eigenvalue weighted by Gasteiger charge is 2.14. The highest BCUT2D eigenvalue weighted by Crippen LogP contribution is 2.24. The van der Waals surface area contributed by atoms with Gasteiger partial charge in [0.15, 0.2) is 11.0 Å². The lowest BCUT2D eigenvalue weighted by atomic mass is 9.87. The van der Waals surface area contributed by atoms with Crippen LogP contribution in [0.1, 0.15) is 42.5 Å². The second kappa shape index (κ2) is 9.78. The fourth-order valence-electron chi connectivity index (χ4n) is 2.73. The van der Waals surface area contributed by atoms with Gasteiger partial charge in [-0.1, -0.05) is 44.7 Å². The molecule has 1 N–H and O–H groups in total. The molecule has 3 aromatic rings. The summed E-state index contributed by atoms with van der Waals surface area (Å²) in [6.07, 6.45) is 1.86. The van der Waals surface area contributed by atoms with Crippen molar-refractivity contribution < 1.29 is 14.3 Å². The molecule has 0 saturated heterocycles. The molecule has 0 spiro atoms. The summed E-state index contributed by atoms with van der Waals surface area (Å²) < 4.78 is 11.0. The second-order valence-electron chi connectivity index (χ2n) is 7.81. The van der Waals surface area contributed by atoms with Crippen LogP contribution in [-0.4, -0.2) is 34.2 Å². The Balaban J connectivity index is 1.70. The average molecular weight is 439 g/mol. The molecule has 31 heavy (non-hydrogen) atoms. The number of thioether (sulfide) groups is 1. The Morgan fingerprint density at radius 2 is 1.61 bits per heavy atom. The van der Waals surface area contributed by atoms with Crippen LogP contribution in [0.25, 0.3) is 0 Å². The van der Waals surface area contributed by atoms with Gasteiger partial charge in [0.05, 0.1) is 7.11 Å². The normalized spacial score (nSPS) is 11.1. The van der Waals surface area contributed by atoms with E-state index in [2.05, 4.69) is 53.2 Å². The fourth-order valence-corrected chi connectivity index (χ4v) is 3.10. The molecule has 0 aliphatic carbocycles. The number of aromatic nitrogens is 3. The van der Waals surface area contributed by atoms with Crippen LogP contribution < -0.4 is 14.8 Å². The summed E-state index contributed by atoms with van der Waals surface area (Å²) in [6, 6.07) is 14.8. The Kier molecular flexibility index (Phi) is 7.12. The van der Waals surface area contributed by atoms with E-state index in [1.165, 1.54) is 17.3 Å². The summed E-state index contributed by atoms with van der Waals surface area (Å²) in [6.45, 7) is 6.66. The monoisotopic (exact) mass is 438 g/mol. The van der Waals surface area contributed by atoms with Gasteiger partial charge in [-0.3, -0.25) is 10.1 Å². The molecule has 0 atom stereocenters. The summed E-state index contributed by atoms with van der Waals surface area (Å²) >= 11 is 1.37. The third-order valence-electron chi connectivity index (χ3n) is 4.51. The fraction of sp³-hybridized carbons (Fsp3) is 0.304. The van der Waals surface area contributed by atoms with Crippen LogP contribution in [0.3, 0.4) is 0 Å². The van der Waals surface area contributed by atoms with Crippen LogP contribution in [0.15, 0.2) is 53.7 Å². The zero-order valence-corrected chi connectivity index (χ0v) is 19.1. The third-order valence-corrected chi connectivity index (χ3v) is 5.06. The van der Waals surface area contributed by atoms with Gasteiger partial charge in [-0.15, -0.1) is 0 Å². The number of rotatable bonds is 7. The number of hydrogen-bond acceptors (Lipinski definition) is 7. The third kappa shape index (κ3) is 6.18. The van der Waals surface area contributed by atoms with Gasteiger partial charge < -0.3 is 9.47 Å². The van der Waals surface area contributed by atoms with Crippen molar-refractivity contribution in [2.24, 2.45) is 0 Å². The van der Waals surface area contributed by atoms with Crippen LogP contribution in [-0.2, 0) is 12.0 Å². The summed E-state index contributed by atoms with van der Waals surface area (Å²) in [7, 11) is 1.58. The van der Waals surface area contributed by atoms with Crippen LogP contribution in [0, 0.1) is 0 Å². The number of anilines is 1. The molecule has 2 aromatic carbocycles. The Bertz CT molecular complexity index is 1030. The molecule has 8 heteroatoms. The van der Waals surface area contributed by atoms with Crippen molar-refractivity contribution in [1.82, 2.24) is 15.0 Å². The average Bonchev–Trinajstić information content (AvgIpc) is 2.77. The van der Waals surface area contributed by atoms with E-state index in [9.17, 15) is 4.79 Å². The maximum absolute atomic E-state index is 12.5. The maximum Gasteiger partial charge on any atom is 0.258 e. The molecular weight excluding hydrogens is 412 g/mol. The topological polar surface area (TPSA) is 86.2 Å². The van der Waals surface area contributed by atoms with E-state index >= 15 is 0 Å². The van der Waals surface area contributed by atoms with Gasteiger partial charge in [-0.2, -0.15) is 9.97 Å². The predicted molar refractivity (Wildman–Crippen MR) is 122 cm³/mol. The summed E-state index contributed by atoms with van der Waals surface area (Å²) in [4.78, 5) is 25.5. The van der Waals surface area contributed by atoms with Gasteiger partial charge in [0.2, 0.25) is 5.95 Å². The van der Waals surface area contributed by atoms with E-state index in [0.29, 0.717) is 22.3 Å². The van der Waals surface area contributed by atoms with Gasteiger partial charge in [-0.05, 0) is 53.6 Å². The molecule has 0 aliphatic rings. The van der Waals surface area contributed by atoms with E-state index < -0.39 is 0 Å². The first-order valence-electron chi connectivity index (χ1n) is 9.76. The minimum absolute atomic E-state index is 0.0803. The molecule has 0 saturated carbocycles. The minimum atomic E-state index is -0.314. The van der Waals surface area contributed by atoms with Crippen molar-refractivity contribution in [3.8, 4) is 11.5 Å². The van der Waals surface area contributed by atoms with E-state index in [1.54, 1.807) is 31.4 Å². The van der Waals surface area contributed by atoms with E-state index in [1.807, 2.05) is 18.4 Å². The van der Waals surface area contributed by atoms with Crippen LogP contribution >= 0.6 is 11.8 Å². The van der Waals surface area contributed by atoms with Crippen molar-refractivity contribution in [3.63, 3.8) is 0 Å². The molecule has 3 rings (SSSR count). The highest BCUT2D eigenvalue weighted by atomic mass is 32.2. The van der Waals surface area contributed by atoms with Crippen molar-refractivity contribution in [2.75, 3.05) is 18.7 Å². The van der Waals surface area contributed by atoms with Crippen molar-refractivity contribution in [2.45, 2.75) is 37.9 Å². The van der Waals surface area contributed by atoms with Crippen LogP contribution in [0.5, 0.6) is 11.5 Å². The number of hydrogen-bond donors (Lipinski definition) is 1. The standard InChI is InChI=1S/C23H26N4O3S/c1-23(2,3)16-8-12-18(13-9-16)30-14-19-24-21(27-22(25-19)31-5)26-20(28)15-6-10-17(29-4)11-7-15/h6-13H,14H2,1-5H3,(H,24,25,26,27,28). The number of benzene rings is 2. The summed E-state index contributed by atoms with van der Waals surface area (Å²) in [5.74, 6) is 1.70. The number of nitrogens with one attached hydrogen (secondary N) is 1. The van der Waals surface area contributed by atoms with E-state index in [-0.39, 0.29) is 23.9 Å². The lowest BCUT2D eigenvalue weighted by Gasteiger charge is -2.19. The Morgan fingerprint density at radius 1 is 0.968 bits per heavy atom. The first-order valence-corrected chi connectivity index (χ1v) is 11.0. The lowest BCUT2D eigenvalue weighted by molar-refractivity contribution is 0.102. The number of nitrogens with zero attached hydrogens (tertiary/aromatic N) is 3. The van der Waals surface area contributed by atoms with Gasteiger partial charge in [0.1, 0.15) is 18.1 Å². The van der Waals surface area contributed by atoms with Gasteiger partial charge in [0.25, 0.3) is 5.91 Å². The number of methoxy groups -OCH3 is 1. The molecule has 0 fully saturated rings. The first kappa shape index (κ1) is 22.6. The maximum atomic E-state index is 12.5. The molecule has 0 bridgehead atoms.